The zero-order chi connectivity index (χ0) is 14.5. The van der Waals surface area contributed by atoms with Crippen molar-refractivity contribution in [3.63, 3.8) is 0 Å². The van der Waals surface area contributed by atoms with E-state index >= 15 is 0 Å². The van der Waals surface area contributed by atoms with Crippen LogP contribution in [0.25, 0.3) is 0 Å². The van der Waals surface area contributed by atoms with Crippen LogP contribution in [0.5, 0.6) is 0 Å². The molecular weight excluding hydrogens is 262 g/mol. The van der Waals surface area contributed by atoms with Gasteiger partial charge in [0, 0.05) is 49.9 Å². The molecule has 1 fully saturated rings. The molecule has 1 N–H and O–H groups in total. The minimum atomic E-state index is 0.696. The predicted octanol–water partition coefficient (Wildman–Crippen LogP) is 1.84. The fraction of sp³-hybridized carbons (Fsp3) is 0.375. The molecular formula is C16H21N5. The summed E-state index contributed by atoms with van der Waals surface area (Å²) in [6, 6.07) is 8.63. The Morgan fingerprint density at radius 3 is 2.48 bits per heavy atom. The van der Waals surface area contributed by atoms with E-state index in [0.29, 0.717) is 6.54 Å². The molecule has 0 radical (unpaired) electrons. The molecule has 1 saturated heterocycles. The van der Waals surface area contributed by atoms with Gasteiger partial charge in [0.05, 0.1) is 18.4 Å². The molecule has 1 aliphatic rings. The van der Waals surface area contributed by atoms with Gasteiger partial charge in [-0.25, -0.2) is 0 Å². The van der Waals surface area contributed by atoms with Crippen molar-refractivity contribution in [2.45, 2.75) is 6.54 Å². The van der Waals surface area contributed by atoms with E-state index in [9.17, 15) is 0 Å². The second kappa shape index (κ2) is 6.54. The molecule has 0 unspecified atom stereocenters. The SMILES string of the molecule is CN1CCN(c2ccc(NCc3cnccn3)cc2)CC1. The Kier molecular flexibility index (Phi) is 4.31. The molecule has 1 aromatic heterocycles. The number of anilines is 2. The first-order valence-electron chi connectivity index (χ1n) is 7.33. The number of nitrogens with zero attached hydrogens (tertiary/aromatic N) is 4. The summed E-state index contributed by atoms with van der Waals surface area (Å²) < 4.78 is 0. The summed E-state index contributed by atoms with van der Waals surface area (Å²) in [7, 11) is 2.18. The van der Waals surface area contributed by atoms with Crippen molar-refractivity contribution < 1.29 is 0 Å². The minimum absolute atomic E-state index is 0.696. The molecule has 5 heteroatoms. The standard InChI is InChI=1S/C16H21N5/c1-20-8-10-21(11-9-20)16-4-2-14(3-5-16)19-13-15-12-17-6-7-18-15/h2-7,12,19H,8-11,13H2,1H3. The first-order chi connectivity index (χ1) is 10.3. The molecule has 110 valence electrons. The third-order valence-corrected chi connectivity index (χ3v) is 3.83. The summed E-state index contributed by atoms with van der Waals surface area (Å²) in [4.78, 5) is 13.1. The summed E-state index contributed by atoms with van der Waals surface area (Å²) >= 11 is 0. The van der Waals surface area contributed by atoms with Crippen LogP contribution in [0.2, 0.25) is 0 Å². The molecule has 0 spiro atoms. The van der Waals surface area contributed by atoms with Gasteiger partial charge in [-0.15, -0.1) is 0 Å². The Balaban J connectivity index is 1.57. The molecule has 3 rings (SSSR count). The average molecular weight is 283 g/mol. The number of hydrogen-bond acceptors (Lipinski definition) is 5. The van der Waals surface area contributed by atoms with E-state index in [4.69, 9.17) is 0 Å². The summed E-state index contributed by atoms with van der Waals surface area (Å²) in [5.74, 6) is 0. The van der Waals surface area contributed by atoms with Gasteiger partial charge in [-0.05, 0) is 31.3 Å². The molecule has 0 saturated carbocycles. The maximum atomic E-state index is 4.25. The number of piperazine rings is 1. The van der Waals surface area contributed by atoms with Crippen LogP contribution in [0.1, 0.15) is 5.69 Å². The molecule has 0 atom stereocenters. The fourth-order valence-corrected chi connectivity index (χ4v) is 2.47. The molecule has 1 aliphatic heterocycles. The van der Waals surface area contributed by atoms with E-state index in [1.807, 2.05) is 0 Å². The van der Waals surface area contributed by atoms with Crippen LogP contribution in [-0.4, -0.2) is 48.1 Å². The minimum Gasteiger partial charge on any atom is -0.379 e. The predicted molar refractivity (Wildman–Crippen MR) is 85.5 cm³/mol. The summed E-state index contributed by atoms with van der Waals surface area (Å²) in [5.41, 5.74) is 3.35. The van der Waals surface area contributed by atoms with Gasteiger partial charge in [0.2, 0.25) is 0 Å². The lowest BCUT2D eigenvalue weighted by Gasteiger charge is -2.34. The monoisotopic (exact) mass is 283 g/mol. The Bertz CT molecular complexity index is 547. The zero-order valence-corrected chi connectivity index (χ0v) is 12.4. The molecule has 0 bridgehead atoms. The second-order valence-corrected chi connectivity index (χ2v) is 5.39. The third kappa shape index (κ3) is 3.70. The van der Waals surface area contributed by atoms with Crippen LogP contribution in [0.3, 0.4) is 0 Å². The van der Waals surface area contributed by atoms with Crippen LogP contribution in [0, 0.1) is 0 Å². The van der Waals surface area contributed by atoms with Crippen molar-refractivity contribution in [3.05, 3.63) is 48.5 Å². The van der Waals surface area contributed by atoms with Crippen LogP contribution in [0.15, 0.2) is 42.9 Å². The Morgan fingerprint density at radius 1 is 1.05 bits per heavy atom. The lowest BCUT2D eigenvalue weighted by molar-refractivity contribution is 0.313. The molecule has 0 amide bonds. The van der Waals surface area contributed by atoms with Gasteiger partial charge in [-0.2, -0.15) is 0 Å². The molecule has 21 heavy (non-hydrogen) atoms. The van der Waals surface area contributed by atoms with E-state index in [2.05, 4.69) is 56.4 Å². The molecule has 1 aromatic carbocycles. The number of aromatic nitrogens is 2. The number of rotatable bonds is 4. The van der Waals surface area contributed by atoms with Crippen molar-refractivity contribution in [3.8, 4) is 0 Å². The van der Waals surface area contributed by atoms with Crippen LogP contribution < -0.4 is 10.2 Å². The van der Waals surface area contributed by atoms with Gasteiger partial charge in [0.1, 0.15) is 0 Å². The summed E-state index contributed by atoms with van der Waals surface area (Å²) in [5, 5.41) is 3.37. The highest BCUT2D eigenvalue weighted by Gasteiger charge is 2.13. The average Bonchev–Trinajstić information content (AvgIpc) is 2.55. The van der Waals surface area contributed by atoms with Crippen LogP contribution in [0.4, 0.5) is 11.4 Å². The topological polar surface area (TPSA) is 44.3 Å². The maximum Gasteiger partial charge on any atom is 0.0777 e. The van der Waals surface area contributed by atoms with Crippen LogP contribution in [-0.2, 0) is 6.54 Å². The molecule has 0 aliphatic carbocycles. The van der Waals surface area contributed by atoms with Gasteiger partial charge in [-0.3, -0.25) is 9.97 Å². The van der Waals surface area contributed by atoms with Crippen molar-refractivity contribution in [1.29, 1.82) is 0 Å². The van der Waals surface area contributed by atoms with E-state index in [-0.39, 0.29) is 0 Å². The smallest absolute Gasteiger partial charge is 0.0777 e. The van der Waals surface area contributed by atoms with Crippen molar-refractivity contribution in [2.75, 3.05) is 43.4 Å². The quantitative estimate of drug-likeness (QED) is 0.927. The lowest BCUT2D eigenvalue weighted by Crippen LogP contribution is -2.44. The highest BCUT2D eigenvalue weighted by atomic mass is 15.2. The maximum absolute atomic E-state index is 4.25. The fourth-order valence-electron chi connectivity index (χ4n) is 2.47. The number of likely N-dealkylation sites (N-methyl/N-ethyl adjacent to an activating group) is 1. The summed E-state index contributed by atoms with van der Waals surface area (Å²) in [6.07, 6.45) is 5.19. The Morgan fingerprint density at radius 2 is 1.81 bits per heavy atom. The molecule has 2 heterocycles. The van der Waals surface area contributed by atoms with E-state index in [1.165, 1.54) is 5.69 Å². The second-order valence-electron chi connectivity index (χ2n) is 5.39. The van der Waals surface area contributed by atoms with E-state index in [0.717, 1.165) is 37.6 Å². The Hall–Kier alpha value is -2.14. The van der Waals surface area contributed by atoms with Gasteiger partial charge in [0.25, 0.3) is 0 Å². The highest BCUT2D eigenvalue weighted by Crippen LogP contribution is 2.19. The number of nitrogens with one attached hydrogen (secondary N) is 1. The number of hydrogen-bond donors (Lipinski definition) is 1. The molecule has 5 nitrogen and oxygen atoms in total. The van der Waals surface area contributed by atoms with Crippen LogP contribution >= 0.6 is 0 Å². The number of benzene rings is 1. The highest BCUT2D eigenvalue weighted by molar-refractivity contribution is 5.55. The van der Waals surface area contributed by atoms with Gasteiger partial charge in [-0.1, -0.05) is 0 Å². The largest absolute Gasteiger partial charge is 0.379 e. The van der Waals surface area contributed by atoms with Crippen molar-refractivity contribution >= 4 is 11.4 Å². The van der Waals surface area contributed by atoms with Crippen molar-refractivity contribution in [2.24, 2.45) is 0 Å². The first-order valence-corrected chi connectivity index (χ1v) is 7.33. The summed E-state index contributed by atoms with van der Waals surface area (Å²) in [6.45, 7) is 5.16. The third-order valence-electron chi connectivity index (χ3n) is 3.83. The molecule has 2 aromatic rings. The van der Waals surface area contributed by atoms with Gasteiger partial charge >= 0.3 is 0 Å². The first kappa shape index (κ1) is 13.8. The Labute approximate surface area is 125 Å². The van der Waals surface area contributed by atoms with Gasteiger partial charge < -0.3 is 15.1 Å². The normalized spacial score (nSPS) is 16.0. The lowest BCUT2D eigenvalue weighted by atomic mass is 10.2. The van der Waals surface area contributed by atoms with E-state index < -0.39 is 0 Å². The van der Waals surface area contributed by atoms with E-state index in [1.54, 1.807) is 18.6 Å². The zero-order valence-electron chi connectivity index (χ0n) is 12.4. The van der Waals surface area contributed by atoms with Gasteiger partial charge in [0.15, 0.2) is 0 Å². The van der Waals surface area contributed by atoms with Crippen molar-refractivity contribution in [1.82, 2.24) is 14.9 Å².